The molecule has 22 heavy (non-hydrogen) atoms. The van der Waals surface area contributed by atoms with Crippen molar-refractivity contribution in [1.82, 2.24) is 5.32 Å². The molecule has 0 aliphatic heterocycles. The van der Waals surface area contributed by atoms with Crippen molar-refractivity contribution < 1.29 is 9.13 Å². The third-order valence-corrected chi connectivity index (χ3v) is 4.17. The number of halogens is 3. The Morgan fingerprint density at radius 1 is 1.09 bits per heavy atom. The van der Waals surface area contributed by atoms with Gasteiger partial charge in [0, 0.05) is 28.7 Å². The number of rotatable bonds is 6. The molecular weight excluding hydrogens is 324 g/mol. The Morgan fingerprint density at radius 2 is 1.91 bits per heavy atom. The van der Waals surface area contributed by atoms with Crippen LogP contribution in [0.15, 0.2) is 36.4 Å². The summed E-state index contributed by atoms with van der Waals surface area (Å²) < 4.78 is 18.9. The van der Waals surface area contributed by atoms with Crippen molar-refractivity contribution in [2.45, 2.75) is 32.0 Å². The summed E-state index contributed by atoms with van der Waals surface area (Å²) >= 11 is 12.1. The van der Waals surface area contributed by atoms with Gasteiger partial charge in [0.05, 0.1) is 5.02 Å². The van der Waals surface area contributed by atoms with Crippen LogP contribution in [-0.4, -0.2) is 6.04 Å². The van der Waals surface area contributed by atoms with E-state index in [2.05, 4.69) is 5.32 Å². The Kier molecular flexibility index (Phi) is 4.87. The second kappa shape index (κ2) is 6.86. The SMILES string of the molecule is Fc1ccc(COc2ccc(Cl)cc2CNC2CC2)c(Cl)c1. The minimum absolute atomic E-state index is 0.289. The van der Waals surface area contributed by atoms with Gasteiger partial charge in [-0.3, -0.25) is 0 Å². The van der Waals surface area contributed by atoms with Gasteiger partial charge in [0.25, 0.3) is 0 Å². The largest absolute Gasteiger partial charge is 0.489 e. The molecule has 2 nitrogen and oxygen atoms in total. The van der Waals surface area contributed by atoms with E-state index in [0.29, 0.717) is 16.1 Å². The highest BCUT2D eigenvalue weighted by atomic mass is 35.5. The number of hydrogen-bond donors (Lipinski definition) is 1. The molecule has 2 aromatic rings. The van der Waals surface area contributed by atoms with Crippen LogP contribution in [0.3, 0.4) is 0 Å². The molecule has 1 saturated carbocycles. The molecule has 1 aliphatic carbocycles. The number of nitrogens with one attached hydrogen (secondary N) is 1. The van der Waals surface area contributed by atoms with Gasteiger partial charge in [-0.1, -0.05) is 29.3 Å². The van der Waals surface area contributed by atoms with Gasteiger partial charge in [0.15, 0.2) is 0 Å². The summed E-state index contributed by atoms with van der Waals surface area (Å²) in [4.78, 5) is 0. The molecule has 0 aromatic heterocycles. The summed E-state index contributed by atoms with van der Waals surface area (Å²) in [6, 6.07) is 10.5. The van der Waals surface area contributed by atoms with Crippen molar-refractivity contribution in [3.05, 3.63) is 63.4 Å². The lowest BCUT2D eigenvalue weighted by Gasteiger charge is -2.13. The molecular formula is C17H16Cl2FNO. The average Bonchev–Trinajstić information content (AvgIpc) is 3.30. The maximum absolute atomic E-state index is 13.1. The van der Waals surface area contributed by atoms with Gasteiger partial charge in [-0.05, 0) is 43.2 Å². The van der Waals surface area contributed by atoms with Crippen LogP contribution in [0.1, 0.15) is 24.0 Å². The Morgan fingerprint density at radius 3 is 2.64 bits per heavy atom. The fraction of sp³-hybridized carbons (Fsp3) is 0.294. The minimum Gasteiger partial charge on any atom is -0.489 e. The maximum atomic E-state index is 13.1. The van der Waals surface area contributed by atoms with Crippen LogP contribution in [0.2, 0.25) is 10.0 Å². The molecule has 0 saturated heterocycles. The molecule has 0 spiro atoms. The quantitative estimate of drug-likeness (QED) is 0.802. The summed E-state index contributed by atoms with van der Waals surface area (Å²) in [5.74, 6) is 0.410. The third kappa shape index (κ3) is 4.13. The van der Waals surface area contributed by atoms with Crippen molar-refractivity contribution in [1.29, 1.82) is 0 Å². The molecule has 0 atom stereocenters. The fourth-order valence-corrected chi connectivity index (χ4v) is 2.58. The zero-order valence-corrected chi connectivity index (χ0v) is 13.4. The van der Waals surface area contributed by atoms with Crippen molar-refractivity contribution in [3.63, 3.8) is 0 Å². The van der Waals surface area contributed by atoms with Gasteiger partial charge >= 0.3 is 0 Å². The molecule has 0 amide bonds. The first-order valence-electron chi connectivity index (χ1n) is 7.20. The molecule has 5 heteroatoms. The van der Waals surface area contributed by atoms with Gasteiger partial charge in [0.1, 0.15) is 18.2 Å². The standard InChI is InChI=1S/C17H16Cl2FNO/c18-13-2-6-17(12(7-13)9-21-15-4-5-15)22-10-11-1-3-14(20)8-16(11)19/h1-3,6-8,15,21H,4-5,9-10H2. The highest BCUT2D eigenvalue weighted by Gasteiger charge is 2.20. The lowest BCUT2D eigenvalue weighted by Crippen LogP contribution is -2.16. The molecule has 0 bridgehead atoms. The van der Waals surface area contributed by atoms with Gasteiger partial charge in [-0.25, -0.2) is 4.39 Å². The Bertz CT molecular complexity index is 674. The first-order valence-corrected chi connectivity index (χ1v) is 7.96. The number of hydrogen-bond acceptors (Lipinski definition) is 2. The number of ether oxygens (including phenoxy) is 1. The molecule has 3 rings (SSSR count). The van der Waals surface area contributed by atoms with E-state index in [9.17, 15) is 4.39 Å². The zero-order chi connectivity index (χ0) is 15.5. The summed E-state index contributed by atoms with van der Waals surface area (Å²) in [7, 11) is 0. The zero-order valence-electron chi connectivity index (χ0n) is 11.9. The van der Waals surface area contributed by atoms with E-state index in [0.717, 1.165) is 23.4 Å². The van der Waals surface area contributed by atoms with E-state index >= 15 is 0 Å². The smallest absolute Gasteiger partial charge is 0.124 e. The molecule has 0 radical (unpaired) electrons. The van der Waals surface area contributed by atoms with Crippen LogP contribution < -0.4 is 10.1 Å². The van der Waals surface area contributed by atoms with Gasteiger partial charge < -0.3 is 10.1 Å². The lowest BCUT2D eigenvalue weighted by molar-refractivity contribution is 0.302. The Hall–Kier alpha value is -1.29. The van der Waals surface area contributed by atoms with Crippen molar-refractivity contribution in [3.8, 4) is 5.75 Å². The summed E-state index contributed by atoms with van der Waals surface area (Å²) in [5, 5.41) is 4.49. The number of benzene rings is 2. The second-order valence-electron chi connectivity index (χ2n) is 5.43. The first kappa shape index (κ1) is 15.6. The van der Waals surface area contributed by atoms with Crippen molar-refractivity contribution >= 4 is 23.2 Å². The molecule has 1 aliphatic rings. The van der Waals surface area contributed by atoms with E-state index in [1.54, 1.807) is 12.1 Å². The predicted octanol–water partition coefficient (Wildman–Crippen LogP) is 4.96. The summed E-state index contributed by atoms with van der Waals surface area (Å²) in [6.45, 7) is 1.01. The Labute approximate surface area is 139 Å². The maximum Gasteiger partial charge on any atom is 0.124 e. The average molecular weight is 340 g/mol. The van der Waals surface area contributed by atoms with Crippen LogP contribution in [0.4, 0.5) is 4.39 Å². The monoisotopic (exact) mass is 339 g/mol. The normalized spacial score (nSPS) is 14.1. The van der Waals surface area contributed by atoms with Crippen molar-refractivity contribution in [2.24, 2.45) is 0 Å². The van der Waals surface area contributed by atoms with E-state index in [1.807, 2.05) is 12.1 Å². The van der Waals surface area contributed by atoms with Crippen LogP contribution in [-0.2, 0) is 13.2 Å². The van der Waals surface area contributed by atoms with Gasteiger partial charge in [-0.2, -0.15) is 0 Å². The Balaban J connectivity index is 1.70. The molecule has 116 valence electrons. The molecule has 1 fully saturated rings. The minimum atomic E-state index is -0.352. The van der Waals surface area contributed by atoms with E-state index in [4.69, 9.17) is 27.9 Å². The molecule has 0 unspecified atom stereocenters. The molecule has 1 N–H and O–H groups in total. The van der Waals surface area contributed by atoms with Crippen LogP contribution in [0, 0.1) is 5.82 Å². The van der Waals surface area contributed by atoms with Crippen LogP contribution in [0.5, 0.6) is 5.75 Å². The predicted molar refractivity (Wildman–Crippen MR) is 87.1 cm³/mol. The third-order valence-electron chi connectivity index (χ3n) is 3.58. The molecule has 2 aromatic carbocycles. The van der Waals surface area contributed by atoms with E-state index in [1.165, 1.54) is 25.0 Å². The molecule has 0 heterocycles. The van der Waals surface area contributed by atoms with E-state index < -0.39 is 0 Å². The summed E-state index contributed by atoms with van der Waals surface area (Å²) in [5.41, 5.74) is 1.76. The van der Waals surface area contributed by atoms with Crippen LogP contribution in [0.25, 0.3) is 0 Å². The van der Waals surface area contributed by atoms with E-state index in [-0.39, 0.29) is 12.4 Å². The first-order chi connectivity index (χ1) is 10.6. The van der Waals surface area contributed by atoms with Crippen LogP contribution >= 0.6 is 23.2 Å². The van der Waals surface area contributed by atoms with Gasteiger partial charge in [0.2, 0.25) is 0 Å². The second-order valence-corrected chi connectivity index (χ2v) is 6.28. The fourth-order valence-electron chi connectivity index (χ4n) is 2.16. The van der Waals surface area contributed by atoms with Gasteiger partial charge in [-0.15, -0.1) is 0 Å². The highest BCUT2D eigenvalue weighted by molar-refractivity contribution is 6.31. The summed E-state index contributed by atoms with van der Waals surface area (Å²) in [6.07, 6.45) is 2.45. The lowest BCUT2D eigenvalue weighted by atomic mass is 10.2. The van der Waals surface area contributed by atoms with Crippen molar-refractivity contribution in [2.75, 3.05) is 0 Å². The topological polar surface area (TPSA) is 21.3 Å². The highest BCUT2D eigenvalue weighted by Crippen LogP contribution is 2.27.